The Kier molecular flexibility index (Phi) is 7.68. The minimum Gasteiger partial charge on any atom is -0.321 e. The molecule has 11 heteroatoms. The van der Waals surface area contributed by atoms with Crippen LogP contribution < -0.4 is 0 Å². The molecule has 0 bridgehead atoms. The summed E-state index contributed by atoms with van der Waals surface area (Å²) in [7, 11) is -10.2. The van der Waals surface area contributed by atoms with Gasteiger partial charge in [-0.3, -0.25) is 9.13 Å². The largest absolute Gasteiger partial charge is 0.364 e. The summed E-state index contributed by atoms with van der Waals surface area (Å²) in [6.45, 7) is 6.44. The zero-order valence-electron chi connectivity index (χ0n) is 14.3. The molecule has 0 saturated heterocycles. The molecule has 0 spiro atoms. The second-order valence-corrected chi connectivity index (χ2v) is 9.32. The van der Waals surface area contributed by atoms with E-state index in [0.717, 1.165) is 18.4 Å². The lowest BCUT2D eigenvalue weighted by molar-refractivity contribution is 0.368. The van der Waals surface area contributed by atoms with Crippen LogP contribution in [0.5, 0.6) is 0 Å². The van der Waals surface area contributed by atoms with Crippen molar-refractivity contribution in [3.05, 3.63) is 40.2 Å². The van der Waals surface area contributed by atoms with Crippen LogP contribution in [0.25, 0.3) is 6.08 Å². The lowest BCUT2D eigenvalue weighted by Gasteiger charge is -2.09. The van der Waals surface area contributed by atoms with Gasteiger partial charge >= 0.3 is 15.2 Å². The molecule has 4 N–H and O–H groups in total. The van der Waals surface area contributed by atoms with Gasteiger partial charge in [0.1, 0.15) is 5.69 Å². The molecule has 0 saturated carbocycles. The molecule has 9 nitrogen and oxygen atoms in total. The van der Waals surface area contributed by atoms with E-state index in [2.05, 4.69) is 16.4 Å². The fourth-order valence-corrected chi connectivity index (χ4v) is 3.84. The van der Waals surface area contributed by atoms with E-state index in [0.29, 0.717) is 12.6 Å². The van der Waals surface area contributed by atoms with Crippen LogP contribution in [-0.2, 0) is 15.7 Å². The van der Waals surface area contributed by atoms with E-state index in [1.165, 1.54) is 16.5 Å². The maximum Gasteiger partial charge on any atom is 0.364 e. The minimum atomic E-state index is -5.10. The predicted molar refractivity (Wildman–Crippen MR) is 94.5 cm³/mol. The number of hydrogen-bond acceptors (Lipinski definition) is 4. The molecule has 0 atom stereocenters. The Bertz CT molecular complexity index is 756. The summed E-state index contributed by atoms with van der Waals surface area (Å²) in [5, 5.41) is 6.15. The zero-order valence-corrected chi connectivity index (χ0v) is 16.1. The topological polar surface area (TPSA) is 146 Å². The molecule has 0 unspecified atom stereocenters. The van der Waals surface area contributed by atoms with Crippen molar-refractivity contribution in [2.75, 3.05) is 0 Å². The zero-order chi connectivity index (χ0) is 19.3. The van der Waals surface area contributed by atoms with Crippen LogP contribution >= 0.6 is 15.2 Å². The third-order valence-electron chi connectivity index (χ3n) is 3.15. The molecule has 1 rings (SSSR count). The first-order valence-corrected chi connectivity index (χ1v) is 10.6. The Balaban J connectivity index is 2.86. The third-order valence-corrected chi connectivity index (χ3v) is 6.16. The summed E-state index contributed by atoms with van der Waals surface area (Å²) in [4.78, 5) is 36.2. The van der Waals surface area contributed by atoms with Gasteiger partial charge < -0.3 is 19.6 Å². The summed E-state index contributed by atoms with van der Waals surface area (Å²) in [5.41, 5.74) is 2.36. The van der Waals surface area contributed by atoms with Gasteiger partial charge in [0.05, 0.1) is 12.7 Å². The van der Waals surface area contributed by atoms with Crippen molar-refractivity contribution in [2.24, 2.45) is 0 Å². The quantitative estimate of drug-likeness (QED) is 0.391. The van der Waals surface area contributed by atoms with Crippen molar-refractivity contribution >= 4 is 21.3 Å². The van der Waals surface area contributed by atoms with Crippen molar-refractivity contribution in [2.45, 2.75) is 40.2 Å². The van der Waals surface area contributed by atoms with Gasteiger partial charge in [0.15, 0.2) is 5.06 Å². The molecule has 1 heterocycles. The van der Waals surface area contributed by atoms with E-state index in [1.54, 1.807) is 0 Å². The summed E-state index contributed by atoms with van der Waals surface area (Å²) >= 11 is 0. The minimum absolute atomic E-state index is 0.0442. The number of nitrogens with zero attached hydrogens (tertiary/aromatic N) is 3. The fraction of sp³-hybridized carbons (Fsp3) is 0.429. The van der Waals surface area contributed by atoms with Gasteiger partial charge in [-0.2, -0.15) is 0 Å². The molecule has 0 fully saturated rings. The maximum atomic E-state index is 11.2. The van der Waals surface area contributed by atoms with Crippen LogP contribution in [0.4, 0.5) is 0 Å². The van der Waals surface area contributed by atoms with E-state index >= 15 is 0 Å². The third kappa shape index (κ3) is 8.05. The van der Waals surface area contributed by atoms with Crippen LogP contribution in [0.2, 0.25) is 0 Å². The van der Waals surface area contributed by atoms with Gasteiger partial charge in [-0.15, -0.1) is 5.10 Å². The molecule has 0 aliphatic rings. The highest BCUT2D eigenvalue weighted by atomic mass is 31.2. The first-order chi connectivity index (χ1) is 11.4. The highest BCUT2D eigenvalue weighted by molar-refractivity contribution is 7.77. The molecule has 0 radical (unpaired) electrons. The molecular weight excluding hydrogens is 368 g/mol. The normalized spacial score (nSPS) is 12.8. The summed E-state index contributed by atoms with van der Waals surface area (Å²) in [6, 6.07) is 0. The molecule has 1 aromatic rings. The van der Waals surface area contributed by atoms with E-state index in [-0.39, 0.29) is 5.69 Å². The van der Waals surface area contributed by atoms with Crippen LogP contribution in [0.1, 0.15) is 39.3 Å². The van der Waals surface area contributed by atoms with Gasteiger partial charge in [-0.25, -0.2) is 4.68 Å². The Hall–Kier alpha value is -1.34. The van der Waals surface area contributed by atoms with Gasteiger partial charge in [-0.05, 0) is 39.7 Å². The summed E-state index contributed by atoms with van der Waals surface area (Å²) in [6.07, 6.45) is 7.94. The van der Waals surface area contributed by atoms with Crippen molar-refractivity contribution in [3.8, 4) is 0 Å². The van der Waals surface area contributed by atoms with Gasteiger partial charge in [-0.1, -0.05) is 28.5 Å². The standard InChI is InChI=1S/C14H23N3O6P2/c1-11(2)5-4-6-12(3)7-8-17-10-13(15-16-17)9-14(24(18,19)20)25(21,22)23/h5,7,9-10H,4,6,8H2,1-3H3,(H2,18,19,20)(H2,21,22,23)/b12-7+. The molecular formula is C14H23N3O6P2. The number of aromatic nitrogens is 3. The Morgan fingerprint density at radius 3 is 2.24 bits per heavy atom. The van der Waals surface area contributed by atoms with Crippen LogP contribution in [0.3, 0.4) is 0 Å². The molecule has 25 heavy (non-hydrogen) atoms. The smallest absolute Gasteiger partial charge is 0.321 e. The van der Waals surface area contributed by atoms with E-state index in [9.17, 15) is 9.13 Å². The second kappa shape index (κ2) is 8.85. The van der Waals surface area contributed by atoms with Gasteiger partial charge in [0.25, 0.3) is 0 Å². The summed E-state index contributed by atoms with van der Waals surface area (Å²) in [5.74, 6) is 0. The van der Waals surface area contributed by atoms with E-state index < -0.39 is 20.2 Å². The lowest BCUT2D eigenvalue weighted by Crippen LogP contribution is -1.96. The lowest BCUT2D eigenvalue weighted by atomic mass is 10.1. The van der Waals surface area contributed by atoms with Crippen LogP contribution in [0, 0.1) is 0 Å². The van der Waals surface area contributed by atoms with Crippen LogP contribution in [0.15, 0.2) is 34.6 Å². The fourth-order valence-electron chi connectivity index (χ4n) is 1.88. The predicted octanol–water partition coefficient (Wildman–Crippen LogP) is 2.62. The average Bonchev–Trinajstić information content (AvgIpc) is 2.87. The highest BCUT2D eigenvalue weighted by Crippen LogP contribution is 2.64. The van der Waals surface area contributed by atoms with Crippen molar-refractivity contribution in [1.29, 1.82) is 0 Å². The van der Waals surface area contributed by atoms with Crippen molar-refractivity contribution in [3.63, 3.8) is 0 Å². The second-order valence-electron chi connectivity index (χ2n) is 5.83. The number of allylic oxidation sites excluding steroid dienone is 4. The molecule has 0 aliphatic heterocycles. The number of rotatable bonds is 8. The van der Waals surface area contributed by atoms with Gasteiger partial charge in [0.2, 0.25) is 0 Å². The van der Waals surface area contributed by atoms with E-state index in [1.807, 2.05) is 26.8 Å². The Morgan fingerprint density at radius 1 is 1.12 bits per heavy atom. The maximum absolute atomic E-state index is 11.2. The molecule has 0 aliphatic carbocycles. The number of hydrogen-bond donors (Lipinski definition) is 4. The monoisotopic (exact) mass is 391 g/mol. The molecule has 1 aromatic heterocycles. The first kappa shape index (κ1) is 21.7. The van der Waals surface area contributed by atoms with Crippen molar-refractivity contribution < 1.29 is 28.7 Å². The highest BCUT2D eigenvalue weighted by Gasteiger charge is 2.36. The SMILES string of the molecule is CC(C)=CCC/C(C)=C/Cn1cc(C=C(P(=O)(O)O)P(=O)(O)O)nn1. The molecule has 140 valence electrons. The average molecular weight is 391 g/mol. The Labute approximate surface area is 146 Å². The molecule has 0 amide bonds. The van der Waals surface area contributed by atoms with Gasteiger partial charge in [0, 0.05) is 0 Å². The Morgan fingerprint density at radius 2 is 1.72 bits per heavy atom. The first-order valence-electron chi connectivity index (χ1n) is 7.42. The van der Waals surface area contributed by atoms with E-state index in [4.69, 9.17) is 19.6 Å². The van der Waals surface area contributed by atoms with Crippen LogP contribution in [-0.4, -0.2) is 34.6 Å². The van der Waals surface area contributed by atoms with Crippen molar-refractivity contribution in [1.82, 2.24) is 15.0 Å². The molecule has 0 aromatic carbocycles. The summed E-state index contributed by atoms with van der Waals surface area (Å²) < 4.78 is 23.8.